The number of amides is 3. The lowest BCUT2D eigenvalue weighted by Crippen LogP contribution is -2.47. The van der Waals surface area contributed by atoms with Crippen LogP contribution >= 0.6 is 0 Å². The lowest BCUT2D eigenvalue weighted by Gasteiger charge is -2.30. The minimum Gasteiger partial charge on any atom is -0.345 e. The van der Waals surface area contributed by atoms with Gasteiger partial charge in [-0.15, -0.1) is 0 Å². The molecule has 0 saturated heterocycles. The lowest BCUT2D eigenvalue weighted by atomic mass is 9.93. The summed E-state index contributed by atoms with van der Waals surface area (Å²) in [6, 6.07) is 1.60. The van der Waals surface area contributed by atoms with E-state index in [1.807, 2.05) is 0 Å². The molecule has 21 heavy (non-hydrogen) atoms. The zero-order valence-corrected chi connectivity index (χ0v) is 11.8. The monoisotopic (exact) mass is 295 g/mol. The Labute approximate surface area is 120 Å². The summed E-state index contributed by atoms with van der Waals surface area (Å²) in [5.74, 6) is -2.08. The largest absolute Gasteiger partial charge is 0.345 e. The standard InChI is InChI=1S/C14H15F2N3O2/c1-7-10(13(20)19(2)3)12(18-14(21)17-7)11-8(15)5-4-6-9(11)16/h4-6,12H,1-3H3,(H2,17,18,21)/t12-/m1/s1. The quantitative estimate of drug-likeness (QED) is 0.872. The van der Waals surface area contributed by atoms with Gasteiger partial charge in [-0.3, -0.25) is 4.79 Å². The Morgan fingerprint density at radius 1 is 1.24 bits per heavy atom. The molecule has 1 aromatic carbocycles. The van der Waals surface area contributed by atoms with E-state index in [9.17, 15) is 18.4 Å². The number of hydrogen-bond acceptors (Lipinski definition) is 2. The van der Waals surface area contributed by atoms with Crippen molar-refractivity contribution in [2.24, 2.45) is 0 Å². The van der Waals surface area contributed by atoms with Gasteiger partial charge in [-0.2, -0.15) is 0 Å². The average Bonchev–Trinajstić information content (AvgIpc) is 2.37. The molecule has 0 radical (unpaired) electrons. The highest BCUT2D eigenvalue weighted by molar-refractivity contribution is 5.98. The Kier molecular flexibility index (Phi) is 3.93. The van der Waals surface area contributed by atoms with Gasteiger partial charge in [0.05, 0.1) is 17.2 Å². The molecule has 0 aliphatic carbocycles. The predicted molar refractivity (Wildman–Crippen MR) is 72.2 cm³/mol. The first-order chi connectivity index (χ1) is 9.82. The number of benzene rings is 1. The molecule has 1 aliphatic rings. The Bertz CT molecular complexity index is 621. The van der Waals surface area contributed by atoms with Crippen LogP contribution in [0.2, 0.25) is 0 Å². The summed E-state index contributed by atoms with van der Waals surface area (Å²) in [5, 5.41) is 4.84. The van der Waals surface area contributed by atoms with Crippen molar-refractivity contribution in [2.45, 2.75) is 13.0 Å². The van der Waals surface area contributed by atoms with Crippen LogP contribution in [0.5, 0.6) is 0 Å². The van der Waals surface area contributed by atoms with E-state index in [4.69, 9.17) is 0 Å². The second-order valence-corrected chi connectivity index (χ2v) is 4.91. The Hall–Kier alpha value is -2.44. The van der Waals surface area contributed by atoms with Gasteiger partial charge in [0.15, 0.2) is 0 Å². The summed E-state index contributed by atoms with van der Waals surface area (Å²) >= 11 is 0. The molecule has 1 aliphatic heterocycles. The molecule has 0 aromatic heterocycles. The number of urea groups is 1. The fourth-order valence-electron chi connectivity index (χ4n) is 2.22. The van der Waals surface area contributed by atoms with Crippen LogP contribution in [0.3, 0.4) is 0 Å². The highest BCUT2D eigenvalue weighted by Crippen LogP contribution is 2.31. The number of likely N-dealkylation sites (N-methyl/N-ethyl adjacent to an activating group) is 1. The van der Waals surface area contributed by atoms with Gasteiger partial charge in [0, 0.05) is 19.8 Å². The van der Waals surface area contributed by atoms with Crippen LogP contribution in [-0.4, -0.2) is 30.9 Å². The third-order valence-corrected chi connectivity index (χ3v) is 3.19. The normalized spacial score (nSPS) is 18.1. The number of rotatable bonds is 2. The number of carbonyl (C=O) groups excluding carboxylic acids is 2. The molecule has 7 heteroatoms. The molecular formula is C14H15F2N3O2. The molecule has 2 rings (SSSR count). The Balaban J connectivity index is 2.61. The van der Waals surface area contributed by atoms with Crippen molar-refractivity contribution < 1.29 is 18.4 Å². The van der Waals surface area contributed by atoms with Gasteiger partial charge in [-0.25, -0.2) is 13.6 Å². The topological polar surface area (TPSA) is 61.4 Å². The van der Waals surface area contributed by atoms with E-state index in [2.05, 4.69) is 10.6 Å². The predicted octanol–water partition coefficient (Wildman–Crippen LogP) is 1.68. The van der Waals surface area contributed by atoms with Gasteiger partial charge in [-0.05, 0) is 19.1 Å². The highest BCUT2D eigenvalue weighted by atomic mass is 19.1. The summed E-state index contributed by atoms with van der Waals surface area (Å²) in [5.41, 5.74) is 0.0191. The van der Waals surface area contributed by atoms with Crippen molar-refractivity contribution in [3.05, 3.63) is 46.7 Å². The van der Waals surface area contributed by atoms with Crippen molar-refractivity contribution in [2.75, 3.05) is 14.1 Å². The average molecular weight is 295 g/mol. The summed E-state index contributed by atoms with van der Waals surface area (Å²) < 4.78 is 27.9. The van der Waals surface area contributed by atoms with Crippen LogP contribution in [-0.2, 0) is 4.79 Å². The molecule has 2 N–H and O–H groups in total. The molecule has 3 amide bonds. The third kappa shape index (κ3) is 2.72. The van der Waals surface area contributed by atoms with E-state index >= 15 is 0 Å². The van der Waals surface area contributed by atoms with Crippen molar-refractivity contribution in [3.63, 3.8) is 0 Å². The van der Waals surface area contributed by atoms with Crippen LogP contribution in [0, 0.1) is 11.6 Å². The number of allylic oxidation sites excluding steroid dienone is 1. The molecule has 5 nitrogen and oxygen atoms in total. The number of halogens is 2. The summed E-state index contributed by atoms with van der Waals surface area (Å²) in [4.78, 5) is 25.1. The first kappa shape index (κ1) is 15.0. The maximum absolute atomic E-state index is 14.0. The molecule has 0 bridgehead atoms. The molecule has 0 spiro atoms. The number of nitrogens with one attached hydrogen (secondary N) is 2. The Morgan fingerprint density at radius 3 is 2.33 bits per heavy atom. The molecule has 0 fully saturated rings. The van der Waals surface area contributed by atoms with Crippen molar-refractivity contribution in [1.29, 1.82) is 0 Å². The zero-order valence-electron chi connectivity index (χ0n) is 11.8. The smallest absolute Gasteiger partial charge is 0.319 e. The van der Waals surface area contributed by atoms with Gasteiger partial charge < -0.3 is 15.5 Å². The maximum Gasteiger partial charge on any atom is 0.319 e. The summed E-state index contributed by atoms with van der Waals surface area (Å²) in [6.45, 7) is 1.52. The first-order valence-corrected chi connectivity index (χ1v) is 6.26. The van der Waals surface area contributed by atoms with Crippen molar-refractivity contribution in [3.8, 4) is 0 Å². The fraction of sp³-hybridized carbons (Fsp3) is 0.286. The van der Waals surface area contributed by atoms with Crippen LogP contribution in [0.25, 0.3) is 0 Å². The van der Waals surface area contributed by atoms with Crippen LogP contribution in [0.1, 0.15) is 18.5 Å². The third-order valence-electron chi connectivity index (χ3n) is 3.19. The van der Waals surface area contributed by atoms with Crippen LogP contribution in [0.4, 0.5) is 13.6 Å². The van der Waals surface area contributed by atoms with Gasteiger partial charge in [0.25, 0.3) is 5.91 Å². The Morgan fingerprint density at radius 2 is 1.81 bits per heavy atom. The molecule has 0 saturated carbocycles. The molecule has 1 aromatic rings. The molecular weight excluding hydrogens is 280 g/mol. The highest BCUT2D eigenvalue weighted by Gasteiger charge is 2.35. The number of nitrogens with zero attached hydrogens (tertiary/aromatic N) is 1. The molecule has 1 atom stereocenters. The fourth-order valence-corrected chi connectivity index (χ4v) is 2.22. The second-order valence-electron chi connectivity index (χ2n) is 4.91. The zero-order chi connectivity index (χ0) is 15.7. The maximum atomic E-state index is 14.0. The second kappa shape index (κ2) is 5.51. The molecule has 1 heterocycles. The van der Waals surface area contributed by atoms with E-state index in [1.165, 1.54) is 32.0 Å². The van der Waals surface area contributed by atoms with Gasteiger partial charge in [-0.1, -0.05) is 6.07 Å². The molecule has 112 valence electrons. The van der Waals surface area contributed by atoms with Gasteiger partial charge in [0.2, 0.25) is 0 Å². The van der Waals surface area contributed by atoms with E-state index in [0.29, 0.717) is 0 Å². The van der Waals surface area contributed by atoms with Crippen LogP contribution in [0.15, 0.2) is 29.5 Å². The van der Waals surface area contributed by atoms with E-state index < -0.39 is 29.6 Å². The molecule has 0 unspecified atom stereocenters. The minimum atomic E-state index is -1.17. The van der Waals surface area contributed by atoms with Crippen LogP contribution < -0.4 is 10.6 Å². The summed E-state index contributed by atoms with van der Waals surface area (Å²) in [7, 11) is 3.04. The van der Waals surface area contributed by atoms with Gasteiger partial charge >= 0.3 is 6.03 Å². The number of carbonyl (C=O) groups is 2. The lowest BCUT2D eigenvalue weighted by molar-refractivity contribution is -0.125. The summed E-state index contributed by atoms with van der Waals surface area (Å²) in [6.07, 6.45) is 0. The minimum absolute atomic E-state index is 0.101. The SMILES string of the molecule is CC1=C(C(=O)N(C)C)[C@H](c2c(F)cccc2F)NC(=O)N1. The first-order valence-electron chi connectivity index (χ1n) is 6.26. The van der Waals surface area contributed by atoms with E-state index in [-0.39, 0.29) is 16.8 Å². The van der Waals surface area contributed by atoms with Gasteiger partial charge in [0.1, 0.15) is 11.6 Å². The van der Waals surface area contributed by atoms with E-state index in [1.54, 1.807) is 0 Å². The number of hydrogen-bond donors (Lipinski definition) is 2. The van der Waals surface area contributed by atoms with Crippen molar-refractivity contribution >= 4 is 11.9 Å². The van der Waals surface area contributed by atoms with E-state index in [0.717, 1.165) is 12.1 Å². The van der Waals surface area contributed by atoms with Crippen molar-refractivity contribution in [1.82, 2.24) is 15.5 Å².